The molecule has 1 fully saturated rings. The van der Waals surface area contributed by atoms with Gasteiger partial charge in [-0.15, -0.1) is 0 Å². The summed E-state index contributed by atoms with van der Waals surface area (Å²) < 4.78 is 13.0. The van der Waals surface area contributed by atoms with E-state index in [-0.39, 0.29) is 5.82 Å². The second kappa shape index (κ2) is 5.44. The van der Waals surface area contributed by atoms with E-state index < -0.39 is 0 Å². The summed E-state index contributed by atoms with van der Waals surface area (Å²) in [5.41, 5.74) is 1.04. The lowest BCUT2D eigenvalue weighted by Crippen LogP contribution is -2.30. The first kappa shape index (κ1) is 11.6. The number of nitrogens with one attached hydrogen (secondary N) is 1. The molecule has 2 heteroatoms. The normalized spacial score (nSPS) is 17.4. The van der Waals surface area contributed by atoms with Crippen molar-refractivity contribution < 1.29 is 4.39 Å². The Kier molecular flexibility index (Phi) is 3.94. The monoisotopic (exact) mass is 221 g/mol. The van der Waals surface area contributed by atoms with Crippen molar-refractivity contribution in [1.82, 2.24) is 5.32 Å². The Labute approximate surface area is 97.1 Å². The third-order valence-corrected chi connectivity index (χ3v) is 3.25. The first-order valence-corrected chi connectivity index (χ1v) is 6.27. The van der Waals surface area contributed by atoms with Crippen molar-refractivity contribution in [3.8, 4) is 0 Å². The predicted octanol–water partition coefficient (Wildman–Crippen LogP) is 3.49. The summed E-state index contributed by atoms with van der Waals surface area (Å²) in [5.74, 6) is 0.728. The van der Waals surface area contributed by atoms with Gasteiger partial charge in [0.25, 0.3) is 0 Å². The number of rotatable bonds is 6. The van der Waals surface area contributed by atoms with Gasteiger partial charge < -0.3 is 5.32 Å². The Morgan fingerprint density at radius 3 is 2.88 bits per heavy atom. The molecule has 1 N–H and O–H groups in total. The van der Waals surface area contributed by atoms with Crippen LogP contribution in [-0.4, -0.2) is 6.04 Å². The van der Waals surface area contributed by atoms with Crippen LogP contribution in [-0.2, 0) is 6.54 Å². The van der Waals surface area contributed by atoms with Crippen LogP contribution in [0.1, 0.15) is 38.2 Å². The van der Waals surface area contributed by atoms with Crippen molar-refractivity contribution in [1.29, 1.82) is 0 Å². The SMILES string of the molecule is CCCC(NCc1cccc(F)c1)C1CC1. The molecular formula is C14H20FN. The van der Waals surface area contributed by atoms with Gasteiger partial charge in [-0.3, -0.25) is 0 Å². The molecule has 0 spiro atoms. The molecular weight excluding hydrogens is 201 g/mol. The highest BCUT2D eigenvalue weighted by Crippen LogP contribution is 2.34. The summed E-state index contributed by atoms with van der Waals surface area (Å²) in [5, 5.41) is 3.56. The molecule has 1 aromatic carbocycles. The minimum Gasteiger partial charge on any atom is -0.310 e. The van der Waals surface area contributed by atoms with E-state index >= 15 is 0 Å². The maximum absolute atomic E-state index is 13.0. The molecule has 1 nitrogen and oxygen atoms in total. The van der Waals surface area contributed by atoms with E-state index in [1.807, 2.05) is 6.07 Å². The molecule has 16 heavy (non-hydrogen) atoms. The van der Waals surface area contributed by atoms with Crippen LogP contribution in [0.25, 0.3) is 0 Å². The Bertz CT molecular complexity index is 333. The molecule has 0 aliphatic heterocycles. The average Bonchev–Trinajstić information content (AvgIpc) is 3.08. The Balaban J connectivity index is 1.85. The molecule has 0 saturated heterocycles. The third-order valence-electron chi connectivity index (χ3n) is 3.25. The molecule has 1 saturated carbocycles. The molecule has 0 heterocycles. The van der Waals surface area contributed by atoms with E-state index in [1.165, 1.54) is 31.7 Å². The number of hydrogen-bond donors (Lipinski definition) is 1. The van der Waals surface area contributed by atoms with Gasteiger partial charge in [0, 0.05) is 12.6 Å². The Morgan fingerprint density at radius 1 is 1.44 bits per heavy atom. The zero-order valence-electron chi connectivity index (χ0n) is 9.88. The van der Waals surface area contributed by atoms with Crippen molar-refractivity contribution >= 4 is 0 Å². The highest BCUT2D eigenvalue weighted by Gasteiger charge is 2.29. The summed E-state index contributed by atoms with van der Waals surface area (Å²) in [7, 11) is 0. The molecule has 1 unspecified atom stereocenters. The summed E-state index contributed by atoms with van der Waals surface area (Å²) in [6.45, 7) is 3.01. The van der Waals surface area contributed by atoms with E-state index in [0.717, 1.165) is 18.0 Å². The van der Waals surface area contributed by atoms with Crippen LogP contribution >= 0.6 is 0 Å². The van der Waals surface area contributed by atoms with Gasteiger partial charge in [-0.25, -0.2) is 4.39 Å². The Hall–Kier alpha value is -0.890. The first-order valence-electron chi connectivity index (χ1n) is 6.27. The smallest absolute Gasteiger partial charge is 0.123 e. The fourth-order valence-corrected chi connectivity index (χ4v) is 2.21. The lowest BCUT2D eigenvalue weighted by Gasteiger charge is -2.17. The number of halogens is 1. The van der Waals surface area contributed by atoms with Gasteiger partial charge in [-0.1, -0.05) is 25.5 Å². The average molecular weight is 221 g/mol. The second-order valence-corrected chi connectivity index (χ2v) is 4.74. The van der Waals surface area contributed by atoms with Crippen LogP contribution in [0, 0.1) is 11.7 Å². The fourth-order valence-electron chi connectivity index (χ4n) is 2.21. The van der Waals surface area contributed by atoms with Crippen molar-refractivity contribution in [2.75, 3.05) is 0 Å². The molecule has 0 radical (unpaired) electrons. The summed E-state index contributed by atoms with van der Waals surface area (Å²) in [6.07, 6.45) is 5.18. The largest absolute Gasteiger partial charge is 0.310 e. The van der Waals surface area contributed by atoms with Gasteiger partial charge in [0.15, 0.2) is 0 Å². The summed E-state index contributed by atoms with van der Waals surface area (Å²) in [4.78, 5) is 0. The van der Waals surface area contributed by atoms with Crippen LogP contribution in [0.3, 0.4) is 0 Å². The van der Waals surface area contributed by atoms with Gasteiger partial charge in [-0.2, -0.15) is 0 Å². The van der Waals surface area contributed by atoms with Gasteiger partial charge in [0.2, 0.25) is 0 Å². The highest BCUT2D eigenvalue weighted by molar-refractivity contribution is 5.16. The van der Waals surface area contributed by atoms with Gasteiger partial charge in [0.1, 0.15) is 5.82 Å². The van der Waals surface area contributed by atoms with Crippen LogP contribution < -0.4 is 5.32 Å². The van der Waals surface area contributed by atoms with Crippen LogP contribution in [0.15, 0.2) is 24.3 Å². The molecule has 1 aliphatic carbocycles. The standard InChI is InChI=1S/C14H20FN/c1-2-4-14(12-7-8-12)16-10-11-5-3-6-13(15)9-11/h3,5-6,9,12,14,16H,2,4,7-8,10H2,1H3. The van der Waals surface area contributed by atoms with Crippen molar-refractivity contribution in [2.45, 2.75) is 45.2 Å². The Morgan fingerprint density at radius 2 is 2.25 bits per heavy atom. The molecule has 0 aromatic heterocycles. The topological polar surface area (TPSA) is 12.0 Å². The number of hydrogen-bond acceptors (Lipinski definition) is 1. The molecule has 1 aromatic rings. The maximum Gasteiger partial charge on any atom is 0.123 e. The molecule has 88 valence electrons. The van der Waals surface area contributed by atoms with E-state index in [0.29, 0.717) is 6.04 Å². The first-order chi connectivity index (χ1) is 7.79. The third kappa shape index (κ3) is 3.31. The van der Waals surface area contributed by atoms with Crippen molar-refractivity contribution in [3.05, 3.63) is 35.6 Å². The van der Waals surface area contributed by atoms with E-state index in [1.54, 1.807) is 12.1 Å². The molecule has 0 bridgehead atoms. The van der Waals surface area contributed by atoms with E-state index in [2.05, 4.69) is 12.2 Å². The minimum absolute atomic E-state index is 0.141. The van der Waals surface area contributed by atoms with Gasteiger partial charge in [0.05, 0.1) is 0 Å². The molecule has 1 aliphatic rings. The van der Waals surface area contributed by atoms with Crippen LogP contribution in [0.2, 0.25) is 0 Å². The zero-order chi connectivity index (χ0) is 11.4. The fraction of sp³-hybridized carbons (Fsp3) is 0.571. The van der Waals surface area contributed by atoms with Crippen molar-refractivity contribution in [2.24, 2.45) is 5.92 Å². The molecule has 0 amide bonds. The second-order valence-electron chi connectivity index (χ2n) is 4.74. The quantitative estimate of drug-likeness (QED) is 0.775. The summed E-state index contributed by atoms with van der Waals surface area (Å²) >= 11 is 0. The zero-order valence-corrected chi connectivity index (χ0v) is 9.88. The molecule has 2 rings (SSSR count). The molecule has 1 atom stereocenters. The van der Waals surface area contributed by atoms with Gasteiger partial charge in [-0.05, 0) is 42.9 Å². The van der Waals surface area contributed by atoms with E-state index in [4.69, 9.17) is 0 Å². The van der Waals surface area contributed by atoms with Gasteiger partial charge >= 0.3 is 0 Å². The van der Waals surface area contributed by atoms with Crippen LogP contribution in [0.5, 0.6) is 0 Å². The lowest BCUT2D eigenvalue weighted by molar-refractivity contribution is 0.429. The summed E-state index contributed by atoms with van der Waals surface area (Å²) in [6, 6.07) is 7.49. The highest BCUT2D eigenvalue weighted by atomic mass is 19.1. The minimum atomic E-state index is -0.141. The maximum atomic E-state index is 13.0. The van der Waals surface area contributed by atoms with Crippen LogP contribution in [0.4, 0.5) is 4.39 Å². The lowest BCUT2D eigenvalue weighted by atomic mass is 10.1. The van der Waals surface area contributed by atoms with Crippen molar-refractivity contribution in [3.63, 3.8) is 0 Å². The van der Waals surface area contributed by atoms with E-state index in [9.17, 15) is 4.39 Å². The number of benzene rings is 1. The predicted molar refractivity (Wildman–Crippen MR) is 64.7 cm³/mol.